The maximum atomic E-state index is 12.6. The lowest BCUT2D eigenvalue weighted by atomic mass is 9.66. The molecule has 4 heteroatoms. The van der Waals surface area contributed by atoms with Crippen LogP contribution in [0, 0.1) is 0 Å². The molecule has 0 atom stereocenters. The van der Waals surface area contributed by atoms with Crippen LogP contribution in [0.25, 0.3) is 0 Å². The molecule has 126 valence electrons. The Hall–Kier alpha value is -1.68. The number of Topliss-reactive ketones (excluding diaryl/α,β-unsaturated/α-hetero) is 1. The van der Waals surface area contributed by atoms with Crippen LogP contribution >= 0.6 is 0 Å². The molecular weight excluding hydrogens is 293 g/mol. The van der Waals surface area contributed by atoms with Crippen molar-refractivity contribution in [2.24, 2.45) is 5.73 Å². The molecule has 3 nitrogen and oxygen atoms in total. The third-order valence-corrected chi connectivity index (χ3v) is 4.81. The van der Waals surface area contributed by atoms with Gasteiger partial charge in [-0.2, -0.15) is 0 Å². The standard InChI is InChI=1S/C19H26FNO2/c1-2-18(22)19(10-4-3-5-11-19)16-6-8-17(9-7-16)23-14-15(12-20)13-21/h6-9,12H,2-5,10-11,13-14,21H2,1H3/b15-12+. The van der Waals surface area contributed by atoms with E-state index in [2.05, 4.69) is 0 Å². The summed E-state index contributed by atoms with van der Waals surface area (Å²) >= 11 is 0. The first-order chi connectivity index (χ1) is 11.2. The molecule has 0 aliphatic heterocycles. The van der Waals surface area contributed by atoms with Gasteiger partial charge in [0.1, 0.15) is 18.1 Å². The second-order valence-electron chi connectivity index (χ2n) is 6.20. The van der Waals surface area contributed by atoms with Crippen molar-refractivity contribution in [3.05, 3.63) is 41.7 Å². The van der Waals surface area contributed by atoms with Gasteiger partial charge >= 0.3 is 0 Å². The van der Waals surface area contributed by atoms with Crippen LogP contribution in [0.4, 0.5) is 4.39 Å². The molecule has 1 aliphatic rings. The summed E-state index contributed by atoms with van der Waals surface area (Å²) in [6.07, 6.45) is 6.34. The van der Waals surface area contributed by atoms with E-state index in [1.54, 1.807) is 0 Å². The minimum absolute atomic E-state index is 0.142. The number of carbonyl (C=O) groups excluding carboxylic acids is 1. The summed E-state index contributed by atoms with van der Waals surface area (Å²) in [5.41, 5.74) is 6.58. The van der Waals surface area contributed by atoms with Crippen molar-refractivity contribution in [1.82, 2.24) is 0 Å². The van der Waals surface area contributed by atoms with E-state index in [0.717, 1.165) is 31.2 Å². The summed E-state index contributed by atoms with van der Waals surface area (Å²) in [6.45, 7) is 2.22. The number of rotatable bonds is 7. The number of halogens is 1. The number of hydrogen-bond donors (Lipinski definition) is 1. The molecule has 1 aliphatic carbocycles. The van der Waals surface area contributed by atoms with Gasteiger partial charge in [0.05, 0.1) is 11.7 Å². The van der Waals surface area contributed by atoms with E-state index >= 15 is 0 Å². The van der Waals surface area contributed by atoms with Crippen molar-refractivity contribution in [2.75, 3.05) is 13.2 Å². The van der Waals surface area contributed by atoms with Gasteiger partial charge in [-0.3, -0.25) is 4.79 Å². The molecule has 0 saturated heterocycles. The molecule has 2 N–H and O–H groups in total. The van der Waals surface area contributed by atoms with E-state index in [0.29, 0.717) is 29.9 Å². The lowest BCUT2D eigenvalue weighted by Gasteiger charge is -2.36. The SMILES string of the molecule is CCC(=O)C1(c2ccc(OC/C(=C/F)CN)cc2)CCCCC1. The first-order valence-electron chi connectivity index (χ1n) is 8.41. The highest BCUT2D eigenvalue weighted by Crippen LogP contribution is 2.41. The zero-order valence-electron chi connectivity index (χ0n) is 13.8. The molecule has 0 amide bonds. The molecule has 1 fully saturated rings. The Morgan fingerprint density at radius 3 is 2.43 bits per heavy atom. The van der Waals surface area contributed by atoms with E-state index in [4.69, 9.17) is 10.5 Å². The van der Waals surface area contributed by atoms with Crippen LogP contribution in [0.3, 0.4) is 0 Å². The van der Waals surface area contributed by atoms with Crippen LogP contribution in [0.2, 0.25) is 0 Å². The molecule has 0 spiro atoms. The molecule has 0 heterocycles. The first kappa shape index (κ1) is 17.7. The van der Waals surface area contributed by atoms with Crippen molar-refractivity contribution >= 4 is 5.78 Å². The van der Waals surface area contributed by atoms with Gasteiger partial charge in [-0.05, 0) is 30.5 Å². The van der Waals surface area contributed by atoms with Crippen LogP contribution in [0.1, 0.15) is 51.0 Å². The summed E-state index contributed by atoms with van der Waals surface area (Å²) in [7, 11) is 0. The molecule has 1 aromatic carbocycles. The molecule has 0 aromatic heterocycles. The van der Waals surface area contributed by atoms with Gasteiger partial charge in [0.2, 0.25) is 0 Å². The van der Waals surface area contributed by atoms with Crippen molar-refractivity contribution in [2.45, 2.75) is 50.9 Å². The van der Waals surface area contributed by atoms with Crippen LogP contribution in [-0.4, -0.2) is 18.9 Å². The van der Waals surface area contributed by atoms with E-state index < -0.39 is 0 Å². The molecular formula is C19H26FNO2. The Balaban J connectivity index is 2.14. The summed E-state index contributed by atoms with van der Waals surface area (Å²) in [6, 6.07) is 7.69. The zero-order chi connectivity index (χ0) is 16.7. The van der Waals surface area contributed by atoms with Gasteiger partial charge in [-0.15, -0.1) is 0 Å². The molecule has 1 aromatic rings. The smallest absolute Gasteiger partial charge is 0.143 e. The molecule has 0 radical (unpaired) electrons. The largest absolute Gasteiger partial charge is 0.489 e. The first-order valence-corrected chi connectivity index (χ1v) is 8.41. The minimum Gasteiger partial charge on any atom is -0.489 e. The maximum Gasteiger partial charge on any atom is 0.143 e. The van der Waals surface area contributed by atoms with Crippen molar-refractivity contribution in [1.29, 1.82) is 0 Å². The zero-order valence-corrected chi connectivity index (χ0v) is 13.8. The highest BCUT2D eigenvalue weighted by molar-refractivity contribution is 5.90. The third-order valence-electron chi connectivity index (χ3n) is 4.81. The average molecular weight is 319 g/mol. The summed E-state index contributed by atoms with van der Waals surface area (Å²) < 4.78 is 18.0. The minimum atomic E-state index is -0.327. The van der Waals surface area contributed by atoms with E-state index in [1.807, 2.05) is 31.2 Å². The fourth-order valence-electron chi connectivity index (χ4n) is 3.40. The Morgan fingerprint density at radius 1 is 1.26 bits per heavy atom. The number of nitrogens with two attached hydrogens (primary N) is 1. The predicted molar refractivity (Wildman–Crippen MR) is 90.2 cm³/mol. The van der Waals surface area contributed by atoms with Gasteiger partial charge in [-0.25, -0.2) is 4.39 Å². The molecule has 0 bridgehead atoms. The third kappa shape index (κ3) is 3.99. The van der Waals surface area contributed by atoms with Gasteiger partial charge in [-0.1, -0.05) is 38.3 Å². The number of hydrogen-bond acceptors (Lipinski definition) is 3. The van der Waals surface area contributed by atoms with Crippen molar-refractivity contribution < 1.29 is 13.9 Å². The summed E-state index contributed by atoms with van der Waals surface area (Å²) in [5.74, 6) is 0.994. The number of carbonyl (C=O) groups is 1. The van der Waals surface area contributed by atoms with Crippen LogP contribution in [-0.2, 0) is 10.2 Å². The molecule has 1 saturated carbocycles. The van der Waals surface area contributed by atoms with Crippen LogP contribution in [0.5, 0.6) is 5.75 Å². The molecule has 2 rings (SSSR count). The number of ether oxygens (including phenoxy) is 1. The fraction of sp³-hybridized carbons (Fsp3) is 0.526. The highest BCUT2D eigenvalue weighted by atomic mass is 19.1. The second-order valence-corrected chi connectivity index (χ2v) is 6.20. The highest BCUT2D eigenvalue weighted by Gasteiger charge is 2.39. The Bertz CT molecular complexity index is 545. The van der Waals surface area contributed by atoms with E-state index in [9.17, 15) is 9.18 Å². The number of benzene rings is 1. The lowest BCUT2D eigenvalue weighted by molar-refractivity contribution is -0.125. The molecule has 0 unspecified atom stereocenters. The second kappa shape index (κ2) is 8.25. The van der Waals surface area contributed by atoms with E-state index in [1.165, 1.54) is 6.42 Å². The summed E-state index contributed by atoms with van der Waals surface area (Å²) in [4.78, 5) is 12.6. The fourth-order valence-corrected chi connectivity index (χ4v) is 3.40. The Morgan fingerprint density at radius 2 is 1.91 bits per heavy atom. The maximum absolute atomic E-state index is 12.6. The van der Waals surface area contributed by atoms with Crippen LogP contribution < -0.4 is 10.5 Å². The Kier molecular flexibility index (Phi) is 6.34. The topological polar surface area (TPSA) is 52.3 Å². The predicted octanol–water partition coefficient (Wildman–Crippen LogP) is 4.06. The number of ketones is 1. The lowest BCUT2D eigenvalue weighted by Crippen LogP contribution is -2.37. The molecule has 23 heavy (non-hydrogen) atoms. The summed E-state index contributed by atoms with van der Waals surface area (Å²) in [5, 5.41) is 0. The van der Waals surface area contributed by atoms with Gasteiger partial charge in [0, 0.05) is 18.5 Å². The Labute approximate surface area is 137 Å². The monoisotopic (exact) mass is 319 g/mol. The average Bonchev–Trinajstić information content (AvgIpc) is 2.63. The van der Waals surface area contributed by atoms with Crippen molar-refractivity contribution in [3.8, 4) is 5.75 Å². The van der Waals surface area contributed by atoms with Gasteiger partial charge < -0.3 is 10.5 Å². The van der Waals surface area contributed by atoms with Gasteiger partial charge in [0.25, 0.3) is 0 Å². The normalized spacial score (nSPS) is 17.8. The van der Waals surface area contributed by atoms with E-state index in [-0.39, 0.29) is 18.6 Å². The van der Waals surface area contributed by atoms with Crippen molar-refractivity contribution in [3.63, 3.8) is 0 Å². The quantitative estimate of drug-likeness (QED) is 0.824. The van der Waals surface area contributed by atoms with Crippen LogP contribution in [0.15, 0.2) is 36.2 Å². The van der Waals surface area contributed by atoms with Gasteiger partial charge in [0.15, 0.2) is 0 Å².